The summed E-state index contributed by atoms with van der Waals surface area (Å²) in [4.78, 5) is -0.726. The third-order valence-electron chi connectivity index (χ3n) is 7.50. The fraction of sp³-hybridized carbons (Fsp3) is 0.114. The highest BCUT2D eigenvalue weighted by atomic mass is 35.5. The zero-order valence-electron chi connectivity index (χ0n) is 27.0. The molecule has 0 aliphatic carbocycles. The summed E-state index contributed by atoms with van der Waals surface area (Å²) in [5, 5.41) is 19.6. The molecule has 0 heterocycles. The minimum Gasteiger partial charge on any atom is -0.505 e. The first kappa shape index (κ1) is 38.7. The van der Waals surface area contributed by atoms with E-state index in [1.165, 1.54) is 97.1 Å². The van der Waals surface area contributed by atoms with Gasteiger partial charge in [-0.2, -0.15) is 9.57 Å². The van der Waals surface area contributed by atoms with E-state index >= 15 is 0 Å². The molecule has 0 aliphatic rings. The number of sulfone groups is 1. The SMILES string of the molecule is CS(=O)(=O)c1ccc(CN(Cc2cc(CNS(=O)(=O)c3cccc(C#N)c3)cc(Oc3ccc(F)cc3)c2)S(=O)(=O)c2cc(Cl)cc(Cl)c2O)cc1. The molecule has 0 amide bonds. The number of benzene rings is 5. The molecule has 5 aromatic rings. The van der Waals surface area contributed by atoms with Crippen LogP contribution in [-0.2, 0) is 49.5 Å². The van der Waals surface area contributed by atoms with Crippen molar-refractivity contribution in [3.8, 4) is 23.3 Å². The number of phenolic OH excluding ortho intramolecular Hbond substituents is 1. The van der Waals surface area contributed by atoms with Crippen LogP contribution in [0.15, 0.2) is 118 Å². The number of hydrogen-bond donors (Lipinski definition) is 2. The van der Waals surface area contributed by atoms with Gasteiger partial charge in [-0.15, -0.1) is 0 Å². The first-order valence-corrected chi connectivity index (χ1v) is 20.5. The molecule has 0 spiro atoms. The summed E-state index contributed by atoms with van der Waals surface area (Å²) in [5.74, 6) is -0.875. The second kappa shape index (κ2) is 15.6. The third-order valence-corrected chi connectivity index (χ3v) is 12.3. The van der Waals surface area contributed by atoms with Crippen LogP contribution < -0.4 is 9.46 Å². The maximum atomic E-state index is 14.2. The largest absolute Gasteiger partial charge is 0.505 e. The summed E-state index contributed by atoms with van der Waals surface area (Å²) in [5.41, 5.74) is 1.15. The van der Waals surface area contributed by atoms with E-state index in [9.17, 15) is 40.0 Å². The average Bonchev–Trinajstić information content (AvgIpc) is 3.09. The van der Waals surface area contributed by atoms with Crippen molar-refractivity contribution >= 4 is 53.1 Å². The Bertz CT molecular complexity index is 2510. The summed E-state index contributed by atoms with van der Waals surface area (Å²) in [6.45, 7) is -1.00. The zero-order chi connectivity index (χ0) is 37.8. The molecule has 0 radical (unpaired) electrons. The van der Waals surface area contributed by atoms with Crippen LogP contribution in [0.4, 0.5) is 4.39 Å². The molecule has 5 rings (SSSR count). The lowest BCUT2D eigenvalue weighted by molar-refractivity contribution is 0.393. The first-order valence-electron chi connectivity index (χ1n) is 15.0. The first-order chi connectivity index (χ1) is 24.4. The minimum absolute atomic E-state index is 0.0158. The predicted molar refractivity (Wildman–Crippen MR) is 192 cm³/mol. The van der Waals surface area contributed by atoms with E-state index in [1.807, 2.05) is 6.07 Å². The summed E-state index contributed by atoms with van der Waals surface area (Å²) in [6, 6.07) is 24.7. The van der Waals surface area contributed by atoms with E-state index in [-0.39, 0.29) is 56.5 Å². The fourth-order valence-corrected chi connectivity index (χ4v) is 8.82. The molecule has 0 aromatic heterocycles. The predicted octanol–water partition coefficient (Wildman–Crippen LogP) is 6.78. The maximum absolute atomic E-state index is 14.2. The summed E-state index contributed by atoms with van der Waals surface area (Å²) in [7, 11) is -12.3. The van der Waals surface area contributed by atoms with E-state index in [4.69, 9.17) is 27.9 Å². The molecule has 2 N–H and O–H groups in total. The lowest BCUT2D eigenvalue weighted by Gasteiger charge is -2.24. The molecule has 0 atom stereocenters. The number of ether oxygens (including phenoxy) is 1. The number of nitriles is 1. The molecule has 0 bridgehead atoms. The third kappa shape index (κ3) is 9.46. The second-order valence-corrected chi connectivity index (χ2v) is 18.0. The lowest BCUT2D eigenvalue weighted by atomic mass is 10.1. The lowest BCUT2D eigenvalue weighted by Crippen LogP contribution is -2.30. The molecule has 5 aromatic carbocycles. The van der Waals surface area contributed by atoms with Gasteiger partial charge < -0.3 is 9.84 Å². The summed E-state index contributed by atoms with van der Waals surface area (Å²) >= 11 is 12.2. The van der Waals surface area contributed by atoms with Gasteiger partial charge >= 0.3 is 0 Å². The van der Waals surface area contributed by atoms with Crippen molar-refractivity contribution in [2.75, 3.05) is 6.26 Å². The smallest absolute Gasteiger partial charge is 0.247 e. The van der Waals surface area contributed by atoms with E-state index in [0.29, 0.717) is 16.7 Å². The van der Waals surface area contributed by atoms with Crippen LogP contribution in [0.5, 0.6) is 17.2 Å². The number of phenols is 1. The molecule has 52 heavy (non-hydrogen) atoms. The Morgan fingerprint density at radius 3 is 2.10 bits per heavy atom. The Morgan fingerprint density at radius 1 is 0.788 bits per heavy atom. The highest BCUT2D eigenvalue weighted by Crippen LogP contribution is 2.37. The fourth-order valence-electron chi connectivity index (χ4n) is 4.97. The van der Waals surface area contributed by atoms with Gasteiger partial charge in [-0.05, 0) is 95.6 Å². The highest BCUT2D eigenvalue weighted by molar-refractivity contribution is 7.90. The Kier molecular flexibility index (Phi) is 11.6. The van der Waals surface area contributed by atoms with Gasteiger partial charge in [0.05, 0.1) is 26.4 Å². The van der Waals surface area contributed by atoms with E-state index in [1.54, 1.807) is 0 Å². The van der Waals surface area contributed by atoms with Crippen LogP contribution in [0.25, 0.3) is 0 Å². The van der Waals surface area contributed by atoms with Gasteiger partial charge in [-0.1, -0.05) is 47.5 Å². The van der Waals surface area contributed by atoms with Crippen molar-refractivity contribution in [2.45, 2.75) is 34.3 Å². The van der Waals surface area contributed by atoms with Gasteiger partial charge in [0.15, 0.2) is 15.6 Å². The van der Waals surface area contributed by atoms with Crippen LogP contribution in [0.1, 0.15) is 22.3 Å². The Hall–Kier alpha value is -4.53. The van der Waals surface area contributed by atoms with Crippen LogP contribution in [0.2, 0.25) is 10.0 Å². The molecule has 0 saturated heterocycles. The Morgan fingerprint density at radius 2 is 1.44 bits per heavy atom. The Balaban J connectivity index is 1.57. The number of sulfonamides is 2. The number of hydrogen-bond acceptors (Lipinski definition) is 9. The molecule has 0 fully saturated rings. The number of rotatable bonds is 13. The summed E-state index contributed by atoms with van der Waals surface area (Å²) in [6.07, 6.45) is 1.03. The van der Waals surface area contributed by atoms with Crippen molar-refractivity contribution in [1.82, 2.24) is 9.03 Å². The minimum atomic E-state index is -4.60. The average molecular weight is 805 g/mol. The van der Waals surface area contributed by atoms with E-state index in [2.05, 4.69) is 4.72 Å². The number of nitrogens with zero attached hydrogens (tertiary/aromatic N) is 2. The number of aromatic hydroxyl groups is 1. The van der Waals surface area contributed by atoms with Gasteiger partial charge in [0.1, 0.15) is 22.2 Å². The zero-order valence-corrected chi connectivity index (χ0v) is 31.0. The van der Waals surface area contributed by atoms with E-state index in [0.717, 1.165) is 16.6 Å². The highest BCUT2D eigenvalue weighted by Gasteiger charge is 2.30. The van der Waals surface area contributed by atoms with Gasteiger partial charge in [0.2, 0.25) is 20.0 Å². The van der Waals surface area contributed by atoms with Crippen molar-refractivity contribution in [3.63, 3.8) is 0 Å². The molecule has 17 heteroatoms. The molecule has 0 unspecified atom stereocenters. The number of nitrogens with one attached hydrogen (secondary N) is 1. The van der Waals surface area contributed by atoms with Gasteiger partial charge in [-0.3, -0.25) is 0 Å². The molecular formula is C35H28Cl2FN3O8S3. The van der Waals surface area contributed by atoms with E-state index < -0.39 is 46.3 Å². The standard InChI is InChI=1S/C35H28Cl2FN3O8S3/c1-50(43,44)31-11-5-23(6-12-31)21-41(52(47,48)34-18-27(36)17-33(37)35(34)42)22-26-13-25(14-30(15-26)49-29-9-7-28(38)8-10-29)20-40-51(45,46)32-4-2-3-24(16-32)19-39/h2-18,40,42H,20-22H2,1H3. The van der Waals surface area contributed by atoms with Gasteiger partial charge in [-0.25, -0.2) is 34.4 Å². The second-order valence-electron chi connectivity index (χ2n) is 11.4. The van der Waals surface area contributed by atoms with Crippen LogP contribution in [0.3, 0.4) is 0 Å². The van der Waals surface area contributed by atoms with Crippen LogP contribution in [0, 0.1) is 17.1 Å². The van der Waals surface area contributed by atoms with Crippen LogP contribution in [-0.4, -0.2) is 40.9 Å². The molecule has 0 saturated carbocycles. The quantitative estimate of drug-likeness (QED) is 0.130. The van der Waals surface area contributed by atoms with Crippen LogP contribution >= 0.6 is 23.2 Å². The van der Waals surface area contributed by atoms with Crippen molar-refractivity contribution in [3.05, 3.63) is 141 Å². The monoisotopic (exact) mass is 803 g/mol. The molecular weight excluding hydrogens is 777 g/mol. The molecule has 270 valence electrons. The number of halogens is 3. The van der Waals surface area contributed by atoms with Gasteiger partial charge in [0, 0.05) is 30.9 Å². The topological polar surface area (TPSA) is 171 Å². The van der Waals surface area contributed by atoms with Gasteiger partial charge in [0.25, 0.3) is 0 Å². The van der Waals surface area contributed by atoms with Crippen molar-refractivity contribution in [1.29, 1.82) is 5.26 Å². The normalized spacial score (nSPS) is 12.1. The molecule has 11 nitrogen and oxygen atoms in total. The maximum Gasteiger partial charge on any atom is 0.247 e. The summed E-state index contributed by atoms with van der Waals surface area (Å²) < 4.78 is 102. The van der Waals surface area contributed by atoms with Crippen molar-refractivity contribution in [2.24, 2.45) is 0 Å². The Labute approximate surface area is 310 Å². The molecule has 0 aliphatic heterocycles. The van der Waals surface area contributed by atoms with Crippen molar-refractivity contribution < 1.29 is 39.5 Å².